The molecule has 0 unspecified atom stereocenters. The Labute approximate surface area is 158 Å². The van der Waals surface area contributed by atoms with Gasteiger partial charge in [-0.15, -0.1) is 0 Å². The summed E-state index contributed by atoms with van der Waals surface area (Å²) in [7, 11) is 0. The zero-order valence-corrected chi connectivity index (χ0v) is 15.8. The smallest absolute Gasteiger partial charge is 0.269 e. The molecule has 4 rings (SSSR count). The van der Waals surface area contributed by atoms with E-state index in [0.717, 1.165) is 48.0 Å². The Morgan fingerprint density at radius 1 is 1.30 bits per heavy atom. The van der Waals surface area contributed by atoms with Gasteiger partial charge in [0, 0.05) is 29.4 Å². The molecule has 0 spiro atoms. The highest BCUT2D eigenvalue weighted by molar-refractivity contribution is 6.05. The number of H-pyrrole nitrogens is 1. The molecule has 6 heteroatoms. The van der Waals surface area contributed by atoms with Gasteiger partial charge in [0.1, 0.15) is 0 Å². The summed E-state index contributed by atoms with van der Waals surface area (Å²) >= 11 is 0. The third-order valence-electron chi connectivity index (χ3n) is 5.64. The van der Waals surface area contributed by atoms with Gasteiger partial charge in [-0.05, 0) is 75.0 Å². The lowest BCUT2D eigenvalue weighted by Gasteiger charge is -2.35. The molecular formula is C21H25N5O. The number of carbonyl (C=O) groups excluding carboxylic acids is 1. The number of aromatic amines is 1. The lowest BCUT2D eigenvalue weighted by Crippen LogP contribution is -2.37. The number of amides is 1. The van der Waals surface area contributed by atoms with Gasteiger partial charge in [0.15, 0.2) is 5.69 Å². The number of piperidine rings is 1. The fraction of sp³-hybridized carbons (Fsp3) is 0.381. The number of carbonyl (C=O) groups is 1. The van der Waals surface area contributed by atoms with E-state index in [9.17, 15) is 4.79 Å². The van der Waals surface area contributed by atoms with Crippen LogP contribution >= 0.6 is 0 Å². The first-order valence-corrected chi connectivity index (χ1v) is 9.51. The number of benzene rings is 1. The zero-order chi connectivity index (χ0) is 19.0. The minimum Gasteiger partial charge on any atom is -0.364 e. The van der Waals surface area contributed by atoms with Crippen molar-refractivity contribution in [2.24, 2.45) is 5.73 Å². The minimum absolute atomic E-state index is 0.288. The third-order valence-corrected chi connectivity index (χ3v) is 5.64. The van der Waals surface area contributed by atoms with Crippen LogP contribution in [0.3, 0.4) is 0 Å². The number of likely N-dealkylation sites (tertiary alicyclic amines) is 1. The maximum atomic E-state index is 11.7. The molecule has 27 heavy (non-hydrogen) atoms. The zero-order valence-electron chi connectivity index (χ0n) is 15.8. The number of primary amides is 1. The van der Waals surface area contributed by atoms with Crippen LogP contribution in [0.15, 0.2) is 36.7 Å². The van der Waals surface area contributed by atoms with Crippen molar-refractivity contribution >= 4 is 16.8 Å². The number of nitrogens with one attached hydrogen (secondary N) is 1. The highest BCUT2D eigenvalue weighted by atomic mass is 16.1. The first-order chi connectivity index (χ1) is 13.0. The number of hydrogen-bond acceptors (Lipinski definition) is 4. The molecular weight excluding hydrogens is 338 g/mol. The van der Waals surface area contributed by atoms with Crippen LogP contribution in [0.25, 0.3) is 22.0 Å². The Kier molecular flexibility index (Phi) is 4.66. The Morgan fingerprint density at radius 2 is 2.07 bits per heavy atom. The van der Waals surface area contributed by atoms with Crippen LogP contribution in [0.1, 0.15) is 48.7 Å². The number of pyridine rings is 1. The van der Waals surface area contributed by atoms with E-state index in [1.54, 1.807) is 6.20 Å². The van der Waals surface area contributed by atoms with E-state index >= 15 is 0 Å². The van der Waals surface area contributed by atoms with Crippen molar-refractivity contribution in [1.29, 1.82) is 0 Å². The van der Waals surface area contributed by atoms with Crippen LogP contribution in [0.2, 0.25) is 0 Å². The Balaban J connectivity index is 1.80. The maximum absolute atomic E-state index is 11.7. The summed E-state index contributed by atoms with van der Waals surface area (Å²) in [6, 6.07) is 8.77. The molecule has 3 heterocycles. The molecule has 0 bridgehead atoms. The second-order valence-corrected chi connectivity index (χ2v) is 7.57. The summed E-state index contributed by atoms with van der Waals surface area (Å²) in [5.74, 6) is -0.0451. The van der Waals surface area contributed by atoms with Crippen LogP contribution < -0.4 is 5.73 Å². The Hall–Kier alpha value is -2.73. The van der Waals surface area contributed by atoms with Gasteiger partial charge in [0.25, 0.3) is 5.91 Å². The highest BCUT2D eigenvalue weighted by Gasteiger charge is 2.25. The minimum atomic E-state index is -0.517. The first-order valence-electron chi connectivity index (χ1n) is 9.51. The fourth-order valence-corrected chi connectivity index (χ4v) is 4.11. The summed E-state index contributed by atoms with van der Waals surface area (Å²) < 4.78 is 0. The molecule has 1 amide bonds. The van der Waals surface area contributed by atoms with E-state index in [1.807, 2.05) is 18.3 Å². The number of aromatic nitrogens is 3. The molecule has 0 aliphatic carbocycles. The highest BCUT2D eigenvalue weighted by Crippen LogP contribution is 2.38. The van der Waals surface area contributed by atoms with E-state index in [2.05, 4.69) is 46.1 Å². The normalized spacial score (nSPS) is 16.3. The predicted octanol–water partition coefficient (Wildman–Crippen LogP) is 3.31. The molecule has 1 aliphatic heterocycles. The van der Waals surface area contributed by atoms with E-state index in [1.165, 1.54) is 5.56 Å². The van der Waals surface area contributed by atoms with Crippen LogP contribution in [0.5, 0.6) is 0 Å². The molecule has 1 fully saturated rings. The summed E-state index contributed by atoms with van der Waals surface area (Å²) in [5.41, 5.74) is 10.1. The number of rotatable bonds is 4. The summed E-state index contributed by atoms with van der Waals surface area (Å²) in [6.07, 6.45) is 5.88. The van der Waals surface area contributed by atoms with Gasteiger partial charge < -0.3 is 10.6 Å². The van der Waals surface area contributed by atoms with Gasteiger partial charge in [-0.2, -0.15) is 5.10 Å². The molecule has 0 radical (unpaired) electrons. The van der Waals surface area contributed by atoms with Gasteiger partial charge in [-0.3, -0.25) is 14.9 Å². The molecule has 6 nitrogen and oxygen atoms in total. The van der Waals surface area contributed by atoms with Crippen molar-refractivity contribution in [2.75, 3.05) is 13.1 Å². The molecule has 3 N–H and O–H groups in total. The molecule has 140 valence electrons. The van der Waals surface area contributed by atoms with Crippen LogP contribution in [0, 0.1) is 0 Å². The third kappa shape index (κ3) is 3.32. The summed E-state index contributed by atoms with van der Waals surface area (Å²) in [6.45, 7) is 6.71. The first kappa shape index (κ1) is 17.7. The van der Waals surface area contributed by atoms with E-state index in [0.29, 0.717) is 12.0 Å². The Bertz CT molecular complexity index is 955. The summed E-state index contributed by atoms with van der Waals surface area (Å²) in [4.78, 5) is 18.5. The average molecular weight is 363 g/mol. The largest absolute Gasteiger partial charge is 0.364 e. The second kappa shape index (κ2) is 7.12. The van der Waals surface area contributed by atoms with Crippen molar-refractivity contribution in [1.82, 2.24) is 20.1 Å². The lowest BCUT2D eigenvalue weighted by molar-refractivity contribution is 0.0997. The van der Waals surface area contributed by atoms with Crippen molar-refractivity contribution in [3.05, 3.63) is 47.9 Å². The predicted molar refractivity (Wildman–Crippen MR) is 107 cm³/mol. The molecule has 1 aliphatic rings. The van der Waals surface area contributed by atoms with Crippen LogP contribution in [-0.2, 0) is 0 Å². The van der Waals surface area contributed by atoms with Crippen molar-refractivity contribution in [2.45, 2.75) is 38.6 Å². The fourth-order valence-electron chi connectivity index (χ4n) is 4.11. The van der Waals surface area contributed by atoms with Crippen molar-refractivity contribution in [3.8, 4) is 11.1 Å². The maximum Gasteiger partial charge on any atom is 0.269 e. The second-order valence-electron chi connectivity index (χ2n) is 7.57. The van der Waals surface area contributed by atoms with Crippen LogP contribution in [0.4, 0.5) is 0 Å². The topological polar surface area (TPSA) is 87.9 Å². The average Bonchev–Trinajstić information content (AvgIpc) is 3.11. The van der Waals surface area contributed by atoms with E-state index in [4.69, 9.17) is 5.73 Å². The molecule has 0 atom stereocenters. The van der Waals surface area contributed by atoms with Gasteiger partial charge in [0.2, 0.25) is 0 Å². The standard InChI is InChI=1S/C21H25N5O/c1-13(2)26-8-5-14(6-9-26)17-11-19-18(20(21(22)27)25-24-19)10-16(17)15-4-3-7-23-12-15/h3-4,7,10-14H,5-6,8-9H2,1-2H3,(H2,22,27)(H,24,25). The van der Waals surface area contributed by atoms with Gasteiger partial charge in [-0.25, -0.2) is 0 Å². The molecule has 0 saturated carbocycles. The number of nitrogens with two attached hydrogens (primary N) is 1. The number of fused-ring (bicyclic) bond motifs is 1. The van der Waals surface area contributed by atoms with Crippen molar-refractivity contribution < 1.29 is 4.79 Å². The lowest BCUT2D eigenvalue weighted by atomic mass is 9.83. The SMILES string of the molecule is CC(C)N1CCC(c2cc3[nH]nc(C(N)=O)c3cc2-c2cccnc2)CC1. The van der Waals surface area contributed by atoms with E-state index < -0.39 is 5.91 Å². The quantitative estimate of drug-likeness (QED) is 0.744. The van der Waals surface area contributed by atoms with Gasteiger partial charge >= 0.3 is 0 Å². The van der Waals surface area contributed by atoms with E-state index in [-0.39, 0.29) is 5.69 Å². The monoisotopic (exact) mass is 363 g/mol. The Morgan fingerprint density at radius 3 is 2.70 bits per heavy atom. The van der Waals surface area contributed by atoms with Gasteiger partial charge in [0.05, 0.1) is 5.52 Å². The molecule has 2 aromatic heterocycles. The molecule has 1 saturated heterocycles. The number of hydrogen-bond donors (Lipinski definition) is 2. The van der Waals surface area contributed by atoms with Gasteiger partial charge in [-0.1, -0.05) is 6.07 Å². The van der Waals surface area contributed by atoms with Crippen molar-refractivity contribution in [3.63, 3.8) is 0 Å². The number of nitrogens with zero attached hydrogens (tertiary/aromatic N) is 3. The summed E-state index contributed by atoms with van der Waals surface area (Å²) in [5, 5.41) is 7.87. The van der Waals surface area contributed by atoms with Crippen LogP contribution in [-0.4, -0.2) is 45.1 Å². The molecule has 3 aromatic rings. The molecule has 1 aromatic carbocycles.